The van der Waals surface area contributed by atoms with Gasteiger partial charge >= 0.3 is 0 Å². The second kappa shape index (κ2) is 11.1. The standard InChI is InChI=1S/C24H22ClF2N3O3S/c1-13(14-8-10-15(26)11-9-14)28-24(34)30-21-19(32-2)12-18(22(33-3)20(21)25)29-23(31)16-6-4-5-7-17(16)27/h4-13H,1-3H3,(H,29,31)(H2,28,30,34). The highest BCUT2D eigenvalue weighted by atomic mass is 35.5. The predicted molar refractivity (Wildman–Crippen MR) is 133 cm³/mol. The zero-order valence-corrected chi connectivity index (χ0v) is 20.1. The van der Waals surface area contributed by atoms with Crippen LogP contribution in [0.15, 0.2) is 54.6 Å². The predicted octanol–water partition coefficient (Wildman–Crippen LogP) is 5.94. The third-order valence-corrected chi connectivity index (χ3v) is 5.51. The van der Waals surface area contributed by atoms with Crippen LogP contribution in [0.3, 0.4) is 0 Å². The van der Waals surface area contributed by atoms with Gasteiger partial charge in [0.15, 0.2) is 10.9 Å². The number of rotatable bonds is 7. The molecule has 0 heterocycles. The van der Waals surface area contributed by atoms with Crippen molar-refractivity contribution in [1.82, 2.24) is 5.32 Å². The van der Waals surface area contributed by atoms with Gasteiger partial charge in [-0.1, -0.05) is 35.9 Å². The molecule has 3 N–H and O–H groups in total. The number of carbonyl (C=O) groups is 1. The summed E-state index contributed by atoms with van der Waals surface area (Å²) in [5, 5.41) is 8.97. The molecular formula is C24H22ClF2N3O3S. The van der Waals surface area contributed by atoms with E-state index in [1.54, 1.807) is 18.2 Å². The molecule has 34 heavy (non-hydrogen) atoms. The Morgan fingerprint density at radius 1 is 1.03 bits per heavy atom. The summed E-state index contributed by atoms with van der Waals surface area (Å²) in [6.07, 6.45) is 0. The van der Waals surface area contributed by atoms with Crippen molar-refractivity contribution in [2.45, 2.75) is 13.0 Å². The summed E-state index contributed by atoms with van der Waals surface area (Å²) >= 11 is 12.0. The Morgan fingerprint density at radius 3 is 2.32 bits per heavy atom. The average molecular weight is 506 g/mol. The van der Waals surface area contributed by atoms with Gasteiger partial charge in [0.2, 0.25) is 0 Å². The molecule has 0 fully saturated rings. The molecule has 3 rings (SSSR count). The maximum Gasteiger partial charge on any atom is 0.258 e. The first-order valence-corrected chi connectivity index (χ1v) is 10.9. The Hall–Kier alpha value is -3.43. The van der Waals surface area contributed by atoms with Crippen LogP contribution in [0, 0.1) is 11.6 Å². The minimum absolute atomic E-state index is 0.0873. The molecule has 178 valence electrons. The average Bonchev–Trinajstić information content (AvgIpc) is 2.81. The van der Waals surface area contributed by atoms with Crippen molar-refractivity contribution in [3.8, 4) is 11.5 Å². The number of amides is 1. The smallest absolute Gasteiger partial charge is 0.258 e. The van der Waals surface area contributed by atoms with Gasteiger partial charge in [-0.15, -0.1) is 0 Å². The van der Waals surface area contributed by atoms with Crippen LogP contribution >= 0.6 is 23.8 Å². The Bertz CT molecular complexity index is 1210. The molecule has 0 aliphatic heterocycles. The van der Waals surface area contributed by atoms with Gasteiger partial charge in [0, 0.05) is 6.07 Å². The molecule has 1 unspecified atom stereocenters. The van der Waals surface area contributed by atoms with Crippen LogP contribution in [0.4, 0.5) is 20.2 Å². The Kier molecular flexibility index (Phi) is 8.25. The lowest BCUT2D eigenvalue weighted by atomic mass is 10.1. The van der Waals surface area contributed by atoms with Crippen LogP contribution < -0.4 is 25.4 Å². The van der Waals surface area contributed by atoms with Gasteiger partial charge in [0.25, 0.3) is 5.91 Å². The number of thiocarbonyl (C=S) groups is 1. The topological polar surface area (TPSA) is 71.6 Å². The first-order valence-electron chi connectivity index (χ1n) is 10.1. The van der Waals surface area contributed by atoms with E-state index in [1.807, 2.05) is 6.92 Å². The summed E-state index contributed by atoms with van der Waals surface area (Å²) in [5.74, 6) is -1.29. The van der Waals surface area contributed by atoms with Crippen LogP contribution in [0.5, 0.6) is 11.5 Å². The molecule has 0 aliphatic carbocycles. The number of methoxy groups -OCH3 is 2. The van der Waals surface area contributed by atoms with Gasteiger partial charge in [-0.3, -0.25) is 4.79 Å². The van der Waals surface area contributed by atoms with E-state index < -0.39 is 11.7 Å². The zero-order valence-electron chi connectivity index (χ0n) is 18.5. The lowest BCUT2D eigenvalue weighted by Gasteiger charge is -2.21. The fourth-order valence-corrected chi connectivity index (χ4v) is 3.79. The number of nitrogens with one attached hydrogen (secondary N) is 3. The third-order valence-electron chi connectivity index (χ3n) is 4.93. The summed E-state index contributed by atoms with van der Waals surface area (Å²) in [7, 11) is 2.80. The highest BCUT2D eigenvalue weighted by Gasteiger charge is 2.22. The second-order valence-electron chi connectivity index (χ2n) is 7.15. The highest BCUT2D eigenvalue weighted by molar-refractivity contribution is 7.80. The summed E-state index contributed by atoms with van der Waals surface area (Å²) in [4.78, 5) is 12.6. The van der Waals surface area contributed by atoms with E-state index in [0.717, 1.165) is 5.56 Å². The van der Waals surface area contributed by atoms with Gasteiger partial charge in [0.1, 0.15) is 28.1 Å². The van der Waals surface area contributed by atoms with Crippen molar-refractivity contribution < 1.29 is 23.0 Å². The van der Waals surface area contributed by atoms with Gasteiger partial charge in [-0.2, -0.15) is 0 Å². The second-order valence-corrected chi connectivity index (χ2v) is 7.94. The fraction of sp³-hybridized carbons (Fsp3) is 0.167. The van der Waals surface area contributed by atoms with Gasteiger partial charge in [-0.05, 0) is 49.0 Å². The van der Waals surface area contributed by atoms with Crippen molar-refractivity contribution in [3.05, 3.63) is 82.4 Å². The molecule has 0 saturated heterocycles. The van der Waals surface area contributed by atoms with E-state index in [9.17, 15) is 13.6 Å². The lowest BCUT2D eigenvalue weighted by Crippen LogP contribution is -2.31. The molecular weight excluding hydrogens is 484 g/mol. The van der Waals surface area contributed by atoms with E-state index in [0.29, 0.717) is 5.69 Å². The van der Waals surface area contributed by atoms with Crippen LogP contribution in [0.2, 0.25) is 5.02 Å². The number of hydrogen-bond donors (Lipinski definition) is 3. The van der Waals surface area contributed by atoms with Crippen LogP contribution in [-0.4, -0.2) is 25.2 Å². The number of hydrogen-bond acceptors (Lipinski definition) is 4. The van der Waals surface area contributed by atoms with Crippen LogP contribution in [0.25, 0.3) is 0 Å². The van der Waals surface area contributed by atoms with E-state index in [-0.39, 0.29) is 44.7 Å². The molecule has 0 aliphatic rings. The van der Waals surface area contributed by atoms with Crippen molar-refractivity contribution in [3.63, 3.8) is 0 Å². The monoisotopic (exact) mass is 505 g/mol. The van der Waals surface area contributed by atoms with Crippen molar-refractivity contribution in [1.29, 1.82) is 0 Å². The summed E-state index contributed by atoms with van der Waals surface area (Å²) in [5.41, 5.74) is 1.17. The molecule has 0 bridgehead atoms. The normalized spacial score (nSPS) is 11.4. The largest absolute Gasteiger partial charge is 0.494 e. The van der Waals surface area contributed by atoms with Crippen molar-refractivity contribution in [2.75, 3.05) is 24.9 Å². The van der Waals surface area contributed by atoms with Crippen LogP contribution in [-0.2, 0) is 0 Å². The number of ether oxygens (including phenoxy) is 2. The maximum atomic E-state index is 14.0. The first kappa shape index (κ1) is 25.2. The van der Waals surface area contributed by atoms with Gasteiger partial charge in [0.05, 0.1) is 31.5 Å². The first-order chi connectivity index (χ1) is 16.2. The summed E-state index contributed by atoms with van der Waals surface area (Å²) in [6.45, 7) is 1.86. The minimum atomic E-state index is -0.680. The molecule has 1 atom stereocenters. The molecule has 0 radical (unpaired) electrons. The quantitative estimate of drug-likeness (QED) is 0.345. The SMILES string of the molecule is COc1cc(NC(=O)c2ccccc2F)c(OC)c(Cl)c1NC(=S)NC(C)c1ccc(F)cc1. The molecule has 1 amide bonds. The Balaban J connectivity index is 1.84. The minimum Gasteiger partial charge on any atom is -0.494 e. The van der Waals surface area contributed by atoms with E-state index in [1.165, 1.54) is 50.6 Å². The van der Waals surface area contributed by atoms with E-state index in [2.05, 4.69) is 16.0 Å². The molecule has 0 aromatic heterocycles. The molecule has 3 aromatic carbocycles. The maximum absolute atomic E-state index is 14.0. The van der Waals surface area contributed by atoms with E-state index in [4.69, 9.17) is 33.3 Å². The molecule has 3 aromatic rings. The summed E-state index contributed by atoms with van der Waals surface area (Å²) in [6, 6.07) is 12.9. The molecule has 0 spiro atoms. The fourth-order valence-electron chi connectivity index (χ4n) is 3.19. The number of benzene rings is 3. The Labute approximate surface area is 206 Å². The number of carbonyl (C=O) groups excluding carboxylic acids is 1. The zero-order chi connectivity index (χ0) is 24.8. The third kappa shape index (κ3) is 5.73. The highest BCUT2D eigenvalue weighted by Crippen LogP contribution is 2.45. The number of halogens is 3. The van der Waals surface area contributed by atoms with E-state index >= 15 is 0 Å². The summed E-state index contributed by atoms with van der Waals surface area (Å²) < 4.78 is 38.0. The molecule has 6 nitrogen and oxygen atoms in total. The lowest BCUT2D eigenvalue weighted by molar-refractivity contribution is 0.102. The van der Waals surface area contributed by atoms with Crippen molar-refractivity contribution in [2.24, 2.45) is 0 Å². The molecule has 10 heteroatoms. The Morgan fingerprint density at radius 2 is 1.71 bits per heavy atom. The number of anilines is 2. The van der Waals surface area contributed by atoms with Crippen molar-refractivity contribution >= 4 is 46.2 Å². The van der Waals surface area contributed by atoms with Gasteiger partial charge < -0.3 is 25.4 Å². The van der Waals surface area contributed by atoms with Gasteiger partial charge in [-0.25, -0.2) is 8.78 Å². The molecule has 0 saturated carbocycles. The van der Waals surface area contributed by atoms with Crippen LogP contribution in [0.1, 0.15) is 28.9 Å².